The molecule has 0 spiro atoms. The normalized spacial score (nSPS) is 12.2. The van der Waals surface area contributed by atoms with Gasteiger partial charge in [0.2, 0.25) is 11.8 Å². The average Bonchev–Trinajstić information content (AvgIpc) is 2.92. The smallest absolute Gasteiger partial charge is 0.264 e. The van der Waals surface area contributed by atoms with Crippen molar-refractivity contribution in [2.45, 2.75) is 58.5 Å². The summed E-state index contributed by atoms with van der Waals surface area (Å²) in [6, 6.07) is 22.2. The van der Waals surface area contributed by atoms with Gasteiger partial charge in [-0.05, 0) is 55.5 Å². The number of carbonyl (C=O) groups excluding carboxylic acids is 2. The summed E-state index contributed by atoms with van der Waals surface area (Å²) in [5, 5.41) is 2.95. The fourth-order valence-corrected chi connectivity index (χ4v) is 5.81. The molecule has 0 saturated carbocycles. The number of para-hydroxylation sites is 1. The molecule has 3 aromatic carbocycles. The molecule has 3 aromatic rings. The summed E-state index contributed by atoms with van der Waals surface area (Å²) in [5.41, 5.74) is 3.08. The van der Waals surface area contributed by atoms with Crippen LogP contribution >= 0.6 is 0 Å². The highest BCUT2D eigenvalue weighted by atomic mass is 32.2. The maximum absolute atomic E-state index is 14.1. The average molecular weight is 550 g/mol. The standard InChI is InChI=1S/C31H39N3O4S/c1-6-28(31(36)32-20-23(2)3)33(21-26-18-16-24(4)17-19-26)30(35)22-34(29-15-11-10-12-25(29)5)39(37,38)27-13-8-7-9-14-27/h7-19,23,28H,6,20-22H2,1-5H3,(H,32,36)/t28-/m1/s1. The van der Waals surface area contributed by atoms with Crippen molar-refractivity contribution in [1.29, 1.82) is 0 Å². The second-order valence-corrected chi connectivity index (χ2v) is 12.0. The molecule has 0 aliphatic carbocycles. The Hall–Kier alpha value is -3.65. The lowest BCUT2D eigenvalue weighted by Gasteiger charge is -2.33. The van der Waals surface area contributed by atoms with Gasteiger partial charge in [0.25, 0.3) is 10.0 Å². The third kappa shape index (κ3) is 7.69. The van der Waals surface area contributed by atoms with Crippen LogP contribution in [-0.4, -0.2) is 44.3 Å². The first-order valence-electron chi connectivity index (χ1n) is 13.3. The lowest BCUT2D eigenvalue weighted by atomic mass is 10.1. The van der Waals surface area contributed by atoms with E-state index in [4.69, 9.17) is 0 Å². The van der Waals surface area contributed by atoms with E-state index in [1.807, 2.05) is 71.0 Å². The SMILES string of the molecule is CC[C@H](C(=O)NCC(C)C)N(Cc1ccc(C)cc1)C(=O)CN(c1ccccc1C)S(=O)(=O)c1ccccc1. The highest BCUT2D eigenvalue weighted by molar-refractivity contribution is 7.92. The van der Waals surface area contributed by atoms with E-state index in [9.17, 15) is 18.0 Å². The van der Waals surface area contributed by atoms with Gasteiger partial charge < -0.3 is 10.2 Å². The number of nitrogens with one attached hydrogen (secondary N) is 1. The van der Waals surface area contributed by atoms with Crippen LogP contribution in [0.4, 0.5) is 5.69 Å². The maximum Gasteiger partial charge on any atom is 0.264 e. The summed E-state index contributed by atoms with van der Waals surface area (Å²) < 4.78 is 28.9. The van der Waals surface area contributed by atoms with Gasteiger partial charge in [0.15, 0.2) is 0 Å². The largest absolute Gasteiger partial charge is 0.354 e. The summed E-state index contributed by atoms with van der Waals surface area (Å²) in [6.07, 6.45) is 0.386. The Morgan fingerprint density at radius 2 is 1.49 bits per heavy atom. The lowest BCUT2D eigenvalue weighted by molar-refractivity contribution is -0.140. The summed E-state index contributed by atoms with van der Waals surface area (Å²) in [4.78, 5) is 28.9. The van der Waals surface area contributed by atoms with Crippen LogP contribution in [0, 0.1) is 19.8 Å². The molecule has 0 aliphatic heterocycles. The van der Waals surface area contributed by atoms with Crippen LogP contribution in [0.3, 0.4) is 0 Å². The van der Waals surface area contributed by atoms with Crippen molar-refractivity contribution in [3.05, 3.63) is 95.6 Å². The summed E-state index contributed by atoms with van der Waals surface area (Å²) in [7, 11) is -4.07. The predicted octanol–water partition coefficient (Wildman–Crippen LogP) is 5.08. The third-order valence-corrected chi connectivity index (χ3v) is 8.31. The minimum atomic E-state index is -4.07. The molecule has 8 heteroatoms. The quantitative estimate of drug-likeness (QED) is 0.341. The van der Waals surface area contributed by atoms with Gasteiger partial charge in [-0.3, -0.25) is 13.9 Å². The number of benzene rings is 3. The van der Waals surface area contributed by atoms with Crippen LogP contribution in [0.25, 0.3) is 0 Å². The Balaban J connectivity index is 2.04. The Morgan fingerprint density at radius 1 is 0.872 bits per heavy atom. The molecule has 2 amide bonds. The molecule has 1 atom stereocenters. The maximum atomic E-state index is 14.1. The van der Waals surface area contributed by atoms with Gasteiger partial charge in [0.05, 0.1) is 10.6 Å². The van der Waals surface area contributed by atoms with Gasteiger partial charge in [-0.25, -0.2) is 8.42 Å². The van der Waals surface area contributed by atoms with Crippen molar-refractivity contribution in [3.63, 3.8) is 0 Å². The second-order valence-electron chi connectivity index (χ2n) is 10.2. The van der Waals surface area contributed by atoms with Crippen molar-refractivity contribution in [3.8, 4) is 0 Å². The molecule has 0 heterocycles. The van der Waals surface area contributed by atoms with E-state index in [1.165, 1.54) is 17.0 Å². The molecule has 0 fully saturated rings. The molecule has 0 radical (unpaired) electrons. The van der Waals surface area contributed by atoms with Gasteiger partial charge in [-0.2, -0.15) is 0 Å². The van der Waals surface area contributed by atoms with E-state index < -0.39 is 28.5 Å². The molecule has 39 heavy (non-hydrogen) atoms. The molecule has 0 bridgehead atoms. The van der Waals surface area contributed by atoms with E-state index in [2.05, 4.69) is 5.32 Å². The fourth-order valence-electron chi connectivity index (χ4n) is 4.31. The van der Waals surface area contributed by atoms with Crippen molar-refractivity contribution in [1.82, 2.24) is 10.2 Å². The number of anilines is 1. The topological polar surface area (TPSA) is 86.8 Å². The zero-order valence-corrected chi connectivity index (χ0v) is 24.2. The second kappa shape index (κ2) is 13.4. The molecular weight excluding hydrogens is 510 g/mol. The van der Waals surface area contributed by atoms with E-state index in [-0.39, 0.29) is 23.3 Å². The van der Waals surface area contributed by atoms with Crippen LogP contribution in [-0.2, 0) is 26.2 Å². The van der Waals surface area contributed by atoms with Crippen LogP contribution in [0.1, 0.15) is 43.9 Å². The Morgan fingerprint density at radius 3 is 2.08 bits per heavy atom. The highest BCUT2D eigenvalue weighted by Gasteiger charge is 2.34. The first kappa shape index (κ1) is 29.9. The lowest BCUT2D eigenvalue weighted by Crippen LogP contribution is -2.52. The van der Waals surface area contributed by atoms with E-state index in [1.54, 1.807) is 30.3 Å². The fraction of sp³-hybridized carbons (Fsp3) is 0.355. The van der Waals surface area contributed by atoms with Crippen LogP contribution in [0.5, 0.6) is 0 Å². The zero-order valence-electron chi connectivity index (χ0n) is 23.4. The summed E-state index contributed by atoms with van der Waals surface area (Å²) in [6.45, 7) is 9.88. The first-order valence-corrected chi connectivity index (χ1v) is 14.7. The van der Waals surface area contributed by atoms with Gasteiger partial charge >= 0.3 is 0 Å². The summed E-state index contributed by atoms with van der Waals surface area (Å²) >= 11 is 0. The number of carbonyl (C=O) groups is 2. The first-order chi connectivity index (χ1) is 18.5. The molecule has 0 aliphatic rings. The van der Waals surface area contributed by atoms with Gasteiger partial charge in [-0.15, -0.1) is 0 Å². The predicted molar refractivity (Wildman–Crippen MR) is 156 cm³/mol. The van der Waals surface area contributed by atoms with Crippen molar-refractivity contribution < 1.29 is 18.0 Å². The van der Waals surface area contributed by atoms with Crippen molar-refractivity contribution in [2.75, 3.05) is 17.4 Å². The molecule has 0 unspecified atom stereocenters. The number of amides is 2. The zero-order chi connectivity index (χ0) is 28.6. The molecular formula is C31H39N3O4S. The highest BCUT2D eigenvalue weighted by Crippen LogP contribution is 2.27. The third-order valence-electron chi connectivity index (χ3n) is 6.54. The van der Waals surface area contributed by atoms with Gasteiger partial charge in [0.1, 0.15) is 12.6 Å². The van der Waals surface area contributed by atoms with E-state index >= 15 is 0 Å². The van der Waals surface area contributed by atoms with Gasteiger partial charge in [-0.1, -0.05) is 87.0 Å². The minimum Gasteiger partial charge on any atom is -0.354 e. The van der Waals surface area contributed by atoms with E-state index in [0.717, 1.165) is 21.0 Å². The number of rotatable bonds is 12. The van der Waals surface area contributed by atoms with Crippen molar-refractivity contribution >= 4 is 27.5 Å². The number of aryl methyl sites for hydroxylation is 2. The molecule has 3 rings (SSSR count). The number of hydrogen-bond donors (Lipinski definition) is 1. The minimum absolute atomic E-state index is 0.0906. The molecule has 208 valence electrons. The molecule has 0 aromatic heterocycles. The molecule has 0 saturated heterocycles. The van der Waals surface area contributed by atoms with Crippen LogP contribution < -0.4 is 9.62 Å². The molecule has 1 N–H and O–H groups in total. The van der Waals surface area contributed by atoms with Crippen LogP contribution in [0.2, 0.25) is 0 Å². The van der Waals surface area contributed by atoms with Gasteiger partial charge in [0, 0.05) is 13.1 Å². The number of nitrogens with zero attached hydrogens (tertiary/aromatic N) is 2. The monoisotopic (exact) mass is 549 g/mol. The Bertz CT molecular complexity index is 1360. The Kier molecular flexibility index (Phi) is 10.3. The number of hydrogen-bond acceptors (Lipinski definition) is 4. The Labute approximate surface area is 232 Å². The number of sulfonamides is 1. The summed E-state index contributed by atoms with van der Waals surface area (Å²) in [5.74, 6) is -0.454. The van der Waals surface area contributed by atoms with E-state index in [0.29, 0.717) is 18.7 Å². The van der Waals surface area contributed by atoms with Crippen LogP contribution in [0.15, 0.2) is 83.8 Å². The van der Waals surface area contributed by atoms with Crippen molar-refractivity contribution in [2.24, 2.45) is 5.92 Å². The molecule has 7 nitrogen and oxygen atoms in total.